The summed E-state index contributed by atoms with van der Waals surface area (Å²) in [6, 6.07) is 0. The predicted molar refractivity (Wildman–Crippen MR) is 77.0 cm³/mol. The fourth-order valence-electron chi connectivity index (χ4n) is 1.69. The molecule has 0 fully saturated rings. The van der Waals surface area contributed by atoms with E-state index in [1.807, 2.05) is 6.92 Å². The minimum atomic E-state index is -0.511. The van der Waals surface area contributed by atoms with Crippen LogP contribution in [-0.2, 0) is 4.74 Å². The molecule has 0 saturated heterocycles. The van der Waals surface area contributed by atoms with Gasteiger partial charge in [0.1, 0.15) is 0 Å². The van der Waals surface area contributed by atoms with Crippen LogP contribution in [0.5, 0.6) is 0 Å². The minimum absolute atomic E-state index is 0.403. The van der Waals surface area contributed by atoms with Crippen LogP contribution in [0.15, 0.2) is 0 Å². The molecule has 0 aliphatic carbocycles. The Bertz CT molecular complexity index is 200. The van der Waals surface area contributed by atoms with E-state index in [0.717, 1.165) is 6.42 Å². The highest BCUT2D eigenvalue weighted by Crippen LogP contribution is 2.08. The van der Waals surface area contributed by atoms with Crippen LogP contribution in [-0.4, -0.2) is 18.2 Å². The molecule has 1 atom stereocenters. The van der Waals surface area contributed by atoms with Crippen LogP contribution < -0.4 is 5.32 Å². The molecular formula is C14H28ClNO2. The Morgan fingerprint density at radius 3 is 2.17 bits per heavy atom. The van der Waals surface area contributed by atoms with E-state index in [2.05, 4.69) is 12.2 Å². The lowest BCUT2D eigenvalue weighted by molar-refractivity contribution is 0.131. The third-order valence-corrected chi connectivity index (χ3v) is 3.25. The van der Waals surface area contributed by atoms with Gasteiger partial charge in [0.2, 0.25) is 0 Å². The van der Waals surface area contributed by atoms with Crippen molar-refractivity contribution in [2.75, 3.05) is 6.54 Å². The number of rotatable bonds is 11. The maximum absolute atomic E-state index is 11.2. The number of carbonyl (C=O) groups excluding carboxylic acids is 1. The minimum Gasteiger partial charge on any atom is -0.430 e. The first-order valence-electron chi connectivity index (χ1n) is 7.29. The van der Waals surface area contributed by atoms with Crippen LogP contribution in [0, 0.1) is 0 Å². The zero-order chi connectivity index (χ0) is 13.6. The lowest BCUT2D eigenvalue weighted by atomic mass is 10.1. The number of nitrogens with one attached hydrogen (secondary N) is 1. The Morgan fingerprint density at radius 2 is 1.61 bits per heavy atom. The van der Waals surface area contributed by atoms with E-state index in [4.69, 9.17) is 16.3 Å². The standard InChI is InChI=1S/C14H28ClNO2/c1-3-5-6-7-8-9-10-11-12-16-14(17)18-13(15)4-2/h13H,3-12H2,1-2H3,(H,16,17). The summed E-state index contributed by atoms with van der Waals surface area (Å²) in [4.78, 5) is 11.2. The number of ether oxygens (including phenoxy) is 1. The number of amides is 1. The Morgan fingerprint density at radius 1 is 1.06 bits per heavy atom. The molecule has 0 aromatic heterocycles. The normalized spacial score (nSPS) is 12.2. The predicted octanol–water partition coefficient (Wildman–Crippen LogP) is 4.83. The van der Waals surface area contributed by atoms with Crippen LogP contribution in [0.3, 0.4) is 0 Å². The summed E-state index contributed by atoms with van der Waals surface area (Å²) in [6.07, 6.45) is 10.3. The van der Waals surface area contributed by atoms with Crippen molar-refractivity contribution in [2.45, 2.75) is 77.2 Å². The largest absolute Gasteiger partial charge is 0.430 e. The summed E-state index contributed by atoms with van der Waals surface area (Å²) in [5, 5.41) is 2.71. The summed E-state index contributed by atoms with van der Waals surface area (Å²) in [5.74, 6) is 0. The quantitative estimate of drug-likeness (QED) is 0.434. The van der Waals surface area contributed by atoms with E-state index in [0.29, 0.717) is 13.0 Å². The highest BCUT2D eigenvalue weighted by molar-refractivity contribution is 6.20. The maximum Gasteiger partial charge on any atom is 0.408 e. The van der Waals surface area contributed by atoms with Crippen molar-refractivity contribution in [2.24, 2.45) is 0 Å². The third kappa shape index (κ3) is 12.0. The molecule has 0 rings (SSSR count). The van der Waals surface area contributed by atoms with Gasteiger partial charge in [-0.2, -0.15) is 0 Å². The molecule has 0 aliphatic heterocycles. The van der Waals surface area contributed by atoms with Crippen molar-refractivity contribution in [3.8, 4) is 0 Å². The average molecular weight is 278 g/mol. The number of carbonyl (C=O) groups is 1. The van der Waals surface area contributed by atoms with Gasteiger partial charge in [-0.25, -0.2) is 4.79 Å². The number of alkyl halides is 1. The first-order valence-corrected chi connectivity index (χ1v) is 7.72. The second-order valence-corrected chi connectivity index (χ2v) is 5.11. The van der Waals surface area contributed by atoms with Crippen LogP contribution in [0.4, 0.5) is 4.79 Å². The molecule has 4 heteroatoms. The van der Waals surface area contributed by atoms with Crippen LogP contribution in [0.25, 0.3) is 0 Å². The van der Waals surface area contributed by atoms with Gasteiger partial charge in [0, 0.05) is 6.54 Å². The molecule has 0 heterocycles. The van der Waals surface area contributed by atoms with E-state index in [9.17, 15) is 4.79 Å². The monoisotopic (exact) mass is 277 g/mol. The maximum atomic E-state index is 11.2. The molecule has 1 unspecified atom stereocenters. The summed E-state index contributed by atoms with van der Waals surface area (Å²) < 4.78 is 4.89. The lowest BCUT2D eigenvalue weighted by Crippen LogP contribution is -2.27. The Hall–Kier alpha value is -0.440. The van der Waals surface area contributed by atoms with Gasteiger partial charge in [0.15, 0.2) is 5.56 Å². The van der Waals surface area contributed by atoms with Crippen LogP contribution in [0.2, 0.25) is 0 Å². The zero-order valence-electron chi connectivity index (χ0n) is 11.8. The first kappa shape index (κ1) is 17.6. The van der Waals surface area contributed by atoms with Crippen molar-refractivity contribution in [3.63, 3.8) is 0 Å². The molecule has 0 aromatic carbocycles. The molecule has 0 saturated carbocycles. The summed E-state index contributed by atoms with van der Waals surface area (Å²) in [7, 11) is 0. The van der Waals surface area contributed by atoms with Crippen molar-refractivity contribution in [1.29, 1.82) is 0 Å². The molecule has 3 nitrogen and oxygen atoms in total. The molecule has 0 spiro atoms. The SMILES string of the molecule is CCCCCCCCCCNC(=O)OC(Cl)CC. The average Bonchev–Trinajstić information content (AvgIpc) is 2.36. The van der Waals surface area contributed by atoms with E-state index in [1.54, 1.807) is 0 Å². The topological polar surface area (TPSA) is 38.3 Å². The Kier molecular flexibility index (Phi) is 12.7. The van der Waals surface area contributed by atoms with Gasteiger partial charge in [0.25, 0.3) is 0 Å². The molecule has 18 heavy (non-hydrogen) atoms. The summed E-state index contributed by atoms with van der Waals surface area (Å²) in [6.45, 7) is 4.79. The van der Waals surface area contributed by atoms with Gasteiger partial charge in [-0.15, -0.1) is 0 Å². The fourth-order valence-corrected chi connectivity index (χ4v) is 1.77. The highest BCUT2D eigenvalue weighted by Gasteiger charge is 2.07. The molecule has 1 N–H and O–H groups in total. The summed E-state index contributed by atoms with van der Waals surface area (Å²) in [5.41, 5.74) is -0.511. The molecule has 1 amide bonds. The van der Waals surface area contributed by atoms with Crippen molar-refractivity contribution >= 4 is 17.7 Å². The number of halogens is 1. The molecular weight excluding hydrogens is 250 g/mol. The number of alkyl carbamates (subject to hydrolysis) is 1. The first-order chi connectivity index (χ1) is 8.70. The van der Waals surface area contributed by atoms with Gasteiger partial charge in [-0.05, 0) is 12.8 Å². The Labute approximate surface area is 117 Å². The molecule has 0 aromatic rings. The van der Waals surface area contributed by atoms with Crippen LogP contribution in [0.1, 0.15) is 71.6 Å². The van der Waals surface area contributed by atoms with E-state index < -0.39 is 11.7 Å². The van der Waals surface area contributed by atoms with E-state index in [1.165, 1.54) is 44.9 Å². The number of unbranched alkanes of at least 4 members (excludes halogenated alkanes) is 7. The molecule has 0 radical (unpaired) electrons. The fraction of sp³-hybridized carbons (Fsp3) is 0.929. The number of hydrogen-bond donors (Lipinski definition) is 1. The molecule has 0 bridgehead atoms. The van der Waals surface area contributed by atoms with Gasteiger partial charge in [0.05, 0.1) is 0 Å². The zero-order valence-corrected chi connectivity index (χ0v) is 12.6. The molecule has 0 aliphatic rings. The van der Waals surface area contributed by atoms with Gasteiger partial charge >= 0.3 is 6.09 Å². The second-order valence-electron chi connectivity index (χ2n) is 4.63. The molecule has 108 valence electrons. The van der Waals surface area contributed by atoms with Gasteiger partial charge in [-0.1, -0.05) is 70.4 Å². The second kappa shape index (κ2) is 13.0. The van der Waals surface area contributed by atoms with E-state index in [-0.39, 0.29) is 0 Å². The third-order valence-electron chi connectivity index (χ3n) is 2.86. The van der Waals surface area contributed by atoms with Crippen LogP contribution >= 0.6 is 11.6 Å². The highest BCUT2D eigenvalue weighted by atomic mass is 35.5. The van der Waals surface area contributed by atoms with E-state index >= 15 is 0 Å². The van der Waals surface area contributed by atoms with Gasteiger partial charge < -0.3 is 10.1 Å². The lowest BCUT2D eigenvalue weighted by Gasteiger charge is -2.09. The number of hydrogen-bond acceptors (Lipinski definition) is 2. The van der Waals surface area contributed by atoms with Crippen molar-refractivity contribution < 1.29 is 9.53 Å². The smallest absolute Gasteiger partial charge is 0.408 e. The van der Waals surface area contributed by atoms with Crippen molar-refractivity contribution in [3.05, 3.63) is 0 Å². The summed E-state index contributed by atoms with van der Waals surface area (Å²) >= 11 is 5.70. The Balaban J connectivity index is 3.17. The van der Waals surface area contributed by atoms with Crippen molar-refractivity contribution in [1.82, 2.24) is 5.32 Å². The van der Waals surface area contributed by atoms with Gasteiger partial charge in [-0.3, -0.25) is 0 Å².